The molecule has 0 aromatic heterocycles. The zero-order chi connectivity index (χ0) is 29.0. The molecule has 0 radical (unpaired) electrons. The number of hydrogen-bond donors (Lipinski definition) is 2. The van der Waals surface area contributed by atoms with Gasteiger partial charge in [-0.2, -0.15) is 0 Å². The van der Waals surface area contributed by atoms with Crippen molar-refractivity contribution in [1.82, 2.24) is 5.32 Å². The number of nitrogens with zero attached hydrogens (tertiary/aromatic N) is 1. The second kappa shape index (κ2) is 12.4. The SMILES string of the molecule is CCOc1cc(/C=C2\C(=O)NC(=O)N(c3cccc(Cl)c3)C2=O)cc(Br)c1OCC(=O)Nc1ccc(C)c(C)c1. The highest BCUT2D eigenvalue weighted by atomic mass is 79.9. The molecule has 0 spiro atoms. The van der Waals surface area contributed by atoms with Crippen molar-refractivity contribution in [2.45, 2.75) is 20.8 Å². The maximum atomic E-state index is 13.2. The second-order valence-corrected chi connectivity index (χ2v) is 10.1. The Hall–Kier alpha value is -4.15. The average molecular weight is 627 g/mol. The maximum absolute atomic E-state index is 13.2. The van der Waals surface area contributed by atoms with E-state index in [1.807, 2.05) is 32.0 Å². The normalized spacial score (nSPS) is 14.3. The van der Waals surface area contributed by atoms with Crippen molar-refractivity contribution < 1.29 is 28.7 Å². The van der Waals surface area contributed by atoms with Gasteiger partial charge in [0.1, 0.15) is 5.57 Å². The third kappa shape index (κ3) is 6.52. The summed E-state index contributed by atoms with van der Waals surface area (Å²) in [4.78, 5) is 51.7. The van der Waals surface area contributed by atoms with Gasteiger partial charge in [-0.15, -0.1) is 0 Å². The smallest absolute Gasteiger partial charge is 0.335 e. The molecule has 1 aliphatic heterocycles. The molecule has 1 aliphatic rings. The van der Waals surface area contributed by atoms with Gasteiger partial charge < -0.3 is 14.8 Å². The van der Waals surface area contributed by atoms with Crippen LogP contribution in [0, 0.1) is 13.8 Å². The van der Waals surface area contributed by atoms with Crippen molar-refractivity contribution in [3.05, 3.63) is 86.4 Å². The molecule has 11 heteroatoms. The van der Waals surface area contributed by atoms with Gasteiger partial charge >= 0.3 is 6.03 Å². The number of aryl methyl sites for hydroxylation is 2. The summed E-state index contributed by atoms with van der Waals surface area (Å²) in [6.45, 7) is 5.72. The summed E-state index contributed by atoms with van der Waals surface area (Å²) in [5.74, 6) is -1.46. The molecule has 0 atom stereocenters. The minimum absolute atomic E-state index is 0.215. The quantitative estimate of drug-likeness (QED) is 0.241. The Labute approximate surface area is 244 Å². The van der Waals surface area contributed by atoms with Gasteiger partial charge in [0.05, 0.1) is 16.8 Å². The van der Waals surface area contributed by atoms with Crippen molar-refractivity contribution in [2.75, 3.05) is 23.4 Å². The third-order valence-corrected chi connectivity index (χ3v) is 6.77. The lowest BCUT2D eigenvalue weighted by atomic mass is 10.1. The molecule has 40 heavy (non-hydrogen) atoms. The monoisotopic (exact) mass is 625 g/mol. The largest absolute Gasteiger partial charge is 0.490 e. The minimum atomic E-state index is -0.881. The highest BCUT2D eigenvalue weighted by Gasteiger charge is 2.37. The number of anilines is 2. The molecule has 1 saturated heterocycles. The number of rotatable bonds is 8. The van der Waals surface area contributed by atoms with Gasteiger partial charge in [0.25, 0.3) is 17.7 Å². The molecule has 3 aromatic carbocycles. The molecule has 0 aliphatic carbocycles. The van der Waals surface area contributed by atoms with E-state index in [4.69, 9.17) is 21.1 Å². The van der Waals surface area contributed by atoms with E-state index in [1.54, 1.807) is 31.2 Å². The fourth-order valence-electron chi connectivity index (χ4n) is 3.90. The summed E-state index contributed by atoms with van der Waals surface area (Å²) in [5.41, 5.74) is 3.19. The summed E-state index contributed by atoms with van der Waals surface area (Å²) in [7, 11) is 0. The molecular weight excluding hydrogens is 602 g/mol. The first kappa shape index (κ1) is 28.8. The van der Waals surface area contributed by atoms with Crippen molar-refractivity contribution in [3.63, 3.8) is 0 Å². The van der Waals surface area contributed by atoms with Crippen LogP contribution in [0.15, 0.2) is 64.6 Å². The van der Waals surface area contributed by atoms with Gasteiger partial charge in [-0.25, -0.2) is 9.69 Å². The van der Waals surface area contributed by atoms with E-state index in [0.717, 1.165) is 16.0 Å². The van der Waals surface area contributed by atoms with Crippen LogP contribution in [0.1, 0.15) is 23.6 Å². The third-order valence-electron chi connectivity index (χ3n) is 5.95. The van der Waals surface area contributed by atoms with E-state index in [2.05, 4.69) is 26.6 Å². The number of urea groups is 1. The predicted octanol–water partition coefficient (Wildman–Crippen LogP) is 5.80. The minimum Gasteiger partial charge on any atom is -0.490 e. The Morgan fingerprint density at radius 2 is 1.82 bits per heavy atom. The second-order valence-electron chi connectivity index (χ2n) is 8.84. The average Bonchev–Trinajstić information content (AvgIpc) is 2.88. The van der Waals surface area contributed by atoms with Crippen molar-refractivity contribution >= 4 is 68.7 Å². The molecule has 0 saturated carbocycles. The number of nitrogens with one attached hydrogen (secondary N) is 2. The maximum Gasteiger partial charge on any atom is 0.335 e. The van der Waals surface area contributed by atoms with E-state index < -0.39 is 17.8 Å². The molecule has 3 aromatic rings. The standard InChI is InChI=1S/C29H25BrClN3O6/c1-4-39-24-13-18(11-22-27(36)33-29(38)34(28(22)37)21-7-5-6-19(31)14-21)12-23(30)26(24)40-15-25(35)32-20-9-8-16(2)17(3)10-20/h5-14H,4,15H2,1-3H3,(H,32,35)(H,33,36,38)/b22-11+. The molecule has 206 valence electrons. The van der Waals surface area contributed by atoms with E-state index in [-0.39, 0.29) is 41.9 Å². The number of carbonyl (C=O) groups is 4. The van der Waals surface area contributed by atoms with Crippen LogP contribution >= 0.6 is 27.5 Å². The number of carbonyl (C=O) groups excluding carboxylic acids is 4. The van der Waals surface area contributed by atoms with Crippen LogP contribution in [-0.2, 0) is 14.4 Å². The number of hydrogen-bond acceptors (Lipinski definition) is 6. The highest BCUT2D eigenvalue weighted by molar-refractivity contribution is 9.10. The molecule has 0 unspecified atom stereocenters. The molecule has 1 fully saturated rings. The first-order valence-electron chi connectivity index (χ1n) is 12.2. The number of amides is 5. The number of imide groups is 2. The van der Waals surface area contributed by atoms with Crippen molar-refractivity contribution in [2.24, 2.45) is 0 Å². The van der Waals surface area contributed by atoms with Crippen LogP contribution in [0.25, 0.3) is 6.08 Å². The highest BCUT2D eigenvalue weighted by Crippen LogP contribution is 2.38. The van der Waals surface area contributed by atoms with Gasteiger partial charge in [-0.05, 0) is 102 Å². The number of ether oxygens (including phenoxy) is 2. The van der Waals surface area contributed by atoms with Crippen molar-refractivity contribution in [1.29, 1.82) is 0 Å². The van der Waals surface area contributed by atoms with Gasteiger partial charge in [-0.3, -0.25) is 19.7 Å². The molecule has 9 nitrogen and oxygen atoms in total. The first-order chi connectivity index (χ1) is 19.1. The number of halogens is 2. The van der Waals surface area contributed by atoms with Crippen LogP contribution in [0.2, 0.25) is 5.02 Å². The van der Waals surface area contributed by atoms with Crippen LogP contribution in [0.4, 0.5) is 16.2 Å². The predicted molar refractivity (Wildman–Crippen MR) is 156 cm³/mol. The summed E-state index contributed by atoms with van der Waals surface area (Å²) in [6.07, 6.45) is 1.34. The van der Waals surface area contributed by atoms with Crippen LogP contribution in [0.3, 0.4) is 0 Å². The van der Waals surface area contributed by atoms with E-state index in [0.29, 0.717) is 20.7 Å². The topological polar surface area (TPSA) is 114 Å². The summed E-state index contributed by atoms with van der Waals surface area (Å²) in [5, 5.41) is 5.30. The van der Waals surface area contributed by atoms with E-state index in [9.17, 15) is 19.2 Å². The fourth-order valence-corrected chi connectivity index (χ4v) is 4.66. The Morgan fingerprint density at radius 1 is 1.05 bits per heavy atom. The Balaban J connectivity index is 1.57. The Bertz CT molecular complexity index is 1550. The molecule has 0 bridgehead atoms. The lowest BCUT2D eigenvalue weighted by Crippen LogP contribution is -2.54. The molecule has 1 heterocycles. The first-order valence-corrected chi connectivity index (χ1v) is 13.4. The molecule has 5 amide bonds. The lowest BCUT2D eigenvalue weighted by molar-refractivity contribution is -0.122. The Kier molecular flexibility index (Phi) is 8.91. The summed E-state index contributed by atoms with van der Waals surface area (Å²) >= 11 is 9.46. The summed E-state index contributed by atoms with van der Waals surface area (Å²) in [6, 6.07) is 14.1. The van der Waals surface area contributed by atoms with E-state index >= 15 is 0 Å². The molecule has 4 rings (SSSR count). The zero-order valence-corrected chi connectivity index (χ0v) is 24.2. The van der Waals surface area contributed by atoms with Gasteiger partial charge in [0, 0.05) is 10.7 Å². The fraction of sp³-hybridized carbons (Fsp3) is 0.172. The van der Waals surface area contributed by atoms with Crippen molar-refractivity contribution in [3.8, 4) is 11.5 Å². The lowest BCUT2D eigenvalue weighted by Gasteiger charge is -2.26. The van der Waals surface area contributed by atoms with Gasteiger partial charge in [-0.1, -0.05) is 23.7 Å². The molecule has 2 N–H and O–H groups in total. The van der Waals surface area contributed by atoms with Crippen LogP contribution in [0.5, 0.6) is 11.5 Å². The van der Waals surface area contributed by atoms with Crippen LogP contribution < -0.4 is 25.0 Å². The van der Waals surface area contributed by atoms with Crippen LogP contribution in [-0.4, -0.2) is 37.0 Å². The summed E-state index contributed by atoms with van der Waals surface area (Å²) < 4.78 is 11.9. The number of barbiturate groups is 1. The number of benzene rings is 3. The van der Waals surface area contributed by atoms with E-state index in [1.165, 1.54) is 18.2 Å². The Morgan fingerprint density at radius 3 is 2.52 bits per heavy atom. The zero-order valence-electron chi connectivity index (χ0n) is 21.8. The van der Waals surface area contributed by atoms with Gasteiger partial charge in [0.15, 0.2) is 18.1 Å². The molecular formula is C29H25BrClN3O6. The van der Waals surface area contributed by atoms with Gasteiger partial charge in [0.2, 0.25) is 0 Å².